The van der Waals surface area contributed by atoms with E-state index in [0.29, 0.717) is 10.8 Å². The van der Waals surface area contributed by atoms with Crippen LogP contribution in [0.25, 0.3) is 0 Å². The van der Waals surface area contributed by atoms with Crippen molar-refractivity contribution in [2.24, 2.45) is 0 Å². The van der Waals surface area contributed by atoms with Crippen LogP contribution >= 0.6 is 22.9 Å². The van der Waals surface area contributed by atoms with Crippen LogP contribution in [-0.2, 0) is 0 Å². The molecule has 0 fully saturated rings. The Kier molecular flexibility index (Phi) is 5.34. The van der Waals surface area contributed by atoms with Crippen LogP contribution in [-0.4, -0.2) is 5.78 Å². The van der Waals surface area contributed by atoms with Crippen LogP contribution in [0.15, 0.2) is 6.07 Å². The SMILES string of the molecule is CCCCCCC(=O)c1cc(C)sc1Cl. The van der Waals surface area contributed by atoms with Crippen molar-refractivity contribution in [3.8, 4) is 0 Å². The fourth-order valence-electron chi connectivity index (χ4n) is 1.52. The van der Waals surface area contributed by atoms with Crippen LogP contribution in [0.5, 0.6) is 0 Å². The molecule has 0 radical (unpaired) electrons. The molecule has 0 bridgehead atoms. The van der Waals surface area contributed by atoms with E-state index in [4.69, 9.17) is 11.6 Å². The van der Waals surface area contributed by atoms with Crippen LogP contribution in [0.2, 0.25) is 4.34 Å². The molecular formula is C12H17ClOS. The lowest BCUT2D eigenvalue weighted by atomic mass is 10.1. The molecule has 1 aromatic heterocycles. The molecule has 15 heavy (non-hydrogen) atoms. The van der Waals surface area contributed by atoms with Gasteiger partial charge in [-0.05, 0) is 19.4 Å². The summed E-state index contributed by atoms with van der Waals surface area (Å²) in [7, 11) is 0. The number of Topliss-reactive ketones (excluding diaryl/α,β-unsaturated/α-hetero) is 1. The lowest BCUT2D eigenvalue weighted by Crippen LogP contribution is -1.97. The number of hydrogen-bond acceptors (Lipinski definition) is 2. The number of carbonyl (C=O) groups excluding carboxylic acids is 1. The zero-order valence-electron chi connectivity index (χ0n) is 9.31. The molecule has 1 rings (SSSR count). The number of aryl methyl sites for hydroxylation is 1. The second kappa shape index (κ2) is 6.29. The summed E-state index contributed by atoms with van der Waals surface area (Å²) in [6.07, 6.45) is 5.17. The van der Waals surface area contributed by atoms with Crippen LogP contribution in [0, 0.1) is 6.92 Å². The van der Waals surface area contributed by atoms with Gasteiger partial charge in [0.05, 0.1) is 0 Å². The summed E-state index contributed by atoms with van der Waals surface area (Å²) in [4.78, 5) is 12.9. The maximum Gasteiger partial charge on any atom is 0.165 e. The minimum Gasteiger partial charge on any atom is -0.294 e. The minimum atomic E-state index is 0.195. The van der Waals surface area contributed by atoms with E-state index < -0.39 is 0 Å². The first-order valence-corrected chi connectivity index (χ1v) is 6.63. The Balaban J connectivity index is 2.43. The molecule has 0 atom stereocenters. The highest BCUT2D eigenvalue weighted by atomic mass is 35.5. The first kappa shape index (κ1) is 12.7. The molecule has 0 amide bonds. The Hall–Kier alpha value is -0.340. The molecule has 1 heterocycles. The highest BCUT2D eigenvalue weighted by Crippen LogP contribution is 2.28. The third-order valence-corrected chi connectivity index (χ3v) is 3.64. The minimum absolute atomic E-state index is 0.195. The third kappa shape index (κ3) is 3.96. The van der Waals surface area contributed by atoms with Crippen molar-refractivity contribution in [3.05, 3.63) is 20.8 Å². The van der Waals surface area contributed by atoms with Gasteiger partial charge in [0.2, 0.25) is 0 Å². The van der Waals surface area contributed by atoms with Gasteiger partial charge in [0, 0.05) is 16.9 Å². The summed E-state index contributed by atoms with van der Waals surface area (Å²) in [5.41, 5.74) is 0.718. The zero-order valence-corrected chi connectivity index (χ0v) is 10.9. The fraction of sp³-hybridized carbons (Fsp3) is 0.583. The zero-order chi connectivity index (χ0) is 11.3. The molecule has 0 aliphatic carbocycles. The van der Waals surface area contributed by atoms with Crippen molar-refractivity contribution in [3.63, 3.8) is 0 Å². The summed E-state index contributed by atoms with van der Waals surface area (Å²) in [6.45, 7) is 4.14. The Morgan fingerprint density at radius 1 is 1.40 bits per heavy atom. The quantitative estimate of drug-likeness (QED) is 0.516. The van der Waals surface area contributed by atoms with Gasteiger partial charge in [0.15, 0.2) is 5.78 Å². The van der Waals surface area contributed by atoms with Crippen LogP contribution in [0.1, 0.15) is 54.3 Å². The molecule has 0 aliphatic rings. The van der Waals surface area contributed by atoms with E-state index in [9.17, 15) is 4.79 Å². The average molecular weight is 245 g/mol. The van der Waals surface area contributed by atoms with Gasteiger partial charge in [-0.3, -0.25) is 4.79 Å². The van der Waals surface area contributed by atoms with Crippen molar-refractivity contribution in [2.45, 2.75) is 46.0 Å². The number of carbonyl (C=O) groups is 1. The standard InChI is InChI=1S/C12H17ClOS/c1-3-4-5-6-7-11(14)10-8-9(2)15-12(10)13/h8H,3-7H2,1-2H3. The van der Waals surface area contributed by atoms with Crippen LogP contribution in [0.4, 0.5) is 0 Å². The van der Waals surface area contributed by atoms with E-state index in [0.717, 1.165) is 23.3 Å². The number of unbranched alkanes of at least 4 members (excludes halogenated alkanes) is 3. The monoisotopic (exact) mass is 244 g/mol. The van der Waals surface area contributed by atoms with Gasteiger partial charge in [0.1, 0.15) is 4.34 Å². The predicted molar refractivity (Wildman–Crippen MR) is 67.2 cm³/mol. The summed E-state index contributed by atoms with van der Waals surface area (Å²) in [5, 5.41) is 0. The van der Waals surface area contributed by atoms with Gasteiger partial charge in [0.25, 0.3) is 0 Å². The Labute approximate surface area is 100 Å². The molecule has 0 unspecified atom stereocenters. The molecule has 0 saturated heterocycles. The van der Waals surface area contributed by atoms with Crippen molar-refractivity contribution >= 4 is 28.7 Å². The molecule has 1 nitrogen and oxygen atoms in total. The summed E-state index contributed by atoms with van der Waals surface area (Å²) < 4.78 is 0.646. The molecule has 0 N–H and O–H groups in total. The van der Waals surface area contributed by atoms with Gasteiger partial charge in [-0.2, -0.15) is 0 Å². The molecule has 1 aromatic rings. The smallest absolute Gasteiger partial charge is 0.165 e. The molecule has 84 valence electrons. The maximum absolute atomic E-state index is 11.8. The summed E-state index contributed by atoms with van der Waals surface area (Å²) in [5.74, 6) is 0.195. The number of rotatable bonds is 6. The van der Waals surface area contributed by atoms with Gasteiger partial charge < -0.3 is 0 Å². The van der Waals surface area contributed by atoms with Gasteiger partial charge >= 0.3 is 0 Å². The fourth-order valence-corrected chi connectivity index (χ4v) is 2.79. The molecule has 0 aliphatic heterocycles. The Morgan fingerprint density at radius 2 is 2.13 bits per heavy atom. The average Bonchev–Trinajstić information content (AvgIpc) is 2.52. The van der Waals surface area contributed by atoms with E-state index in [1.807, 2.05) is 13.0 Å². The van der Waals surface area contributed by atoms with E-state index in [-0.39, 0.29) is 5.78 Å². The van der Waals surface area contributed by atoms with Gasteiger partial charge in [-0.15, -0.1) is 11.3 Å². The third-order valence-electron chi connectivity index (χ3n) is 2.37. The Bertz CT molecular complexity index is 330. The molecule has 0 spiro atoms. The molecule has 3 heteroatoms. The van der Waals surface area contributed by atoms with E-state index in [2.05, 4.69) is 6.92 Å². The van der Waals surface area contributed by atoms with Crippen LogP contribution < -0.4 is 0 Å². The molecule has 0 aromatic carbocycles. The lowest BCUT2D eigenvalue weighted by Gasteiger charge is -1.98. The molecule has 0 saturated carbocycles. The first-order valence-electron chi connectivity index (χ1n) is 5.44. The van der Waals surface area contributed by atoms with E-state index >= 15 is 0 Å². The number of thiophene rings is 1. The van der Waals surface area contributed by atoms with Crippen molar-refractivity contribution in [2.75, 3.05) is 0 Å². The van der Waals surface area contributed by atoms with Crippen molar-refractivity contribution < 1.29 is 4.79 Å². The molecular weight excluding hydrogens is 228 g/mol. The summed E-state index contributed by atoms with van der Waals surface area (Å²) in [6, 6.07) is 1.90. The maximum atomic E-state index is 11.8. The lowest BCUT2D eigenvalue weighted by molar-refractivity contribution is 0.0979. The van der Waals surface area contributed by atoms with E-state index in [1.165, 1.54) is 24.2 Å². The number of hydrogen-bond donors (Lipinski definition) is 0. The Morgan fingerprint density at radius 3 is 2.67 bits per heavy atom. The highest BCUT2D eigenvalue weighted by molar-refractivity contribution is 7.16. The second-order valence-electron chi connectivity index (χ2n) is 3.78. The van der Waals surface area contributed by atoms with Gasteiger partial charge in [-0.1, -0.05) is 37.8 Å². The summed E-state index contributed by atoms with van der Waals surface area (Å²) >= 11 is 7.46. The predicted octanol–water partition coefficient (Wildman–Crippen LogP) is 4.86. The number of ketones is 1. The van der Waals surface area contributed by atoms with Crippen LogP contribution in [0.3, 0.4) is 0 Å². The topological polar surface area (TPSA) is 17.1 Å². The van der Waals surface area contributed by atoms with E-state index in [1.54, 1.807) is 0 Å². The van der Waals surface area contributed by atoms with Gasteiger partial charge in [-0.25, -0.2) is 0 Å². The van der Waals surface area contributed by atoms with Crippen molar-refractivity contribution in [1.29, 1.82) is 0 Å². The van der Waals surface area contributed by atoms with Crippen molar-refractivity contribution in [1.82, 2.24) is 0 Å². The normalized spacial score (nSPS) is 10.6. The first-order chi connectivity index (χ1) is 7.15. The highest BCUT2D eigenvalue weighted by Gasteiger charge is 2.12. The second-order valence-corrected chi connectivity index (χ2v) is 5.64. The number of halogens is 1. The largest absolute Gasteiger partial charge is 0.294 e.